The van der Waals surface area contributed by atoms with Gasteiger partial charge in [0, 0.05) is 76.1 Å². The molecular formula is C38H60N6O2. The molecule has 0 aromatic heterocycles. The smallest absolute Gasteiger partial charge is 0.322 e. The molecule has 8 heteroatoms. The Balaban J connectivity index is 1.18. The summed E-state index contributed by atoms with van der Waals surface area (Å²) in [5.41, 5.74) is 4.10. The Hall–Kier alpha value is -2.97. The highest BCUT2D eigenvalue weighted by atomic mass is 16.3. The molecular weight excluding hydrogens is 572 g/mol. The third-order valence-electron chi connectivity index (χ3n) is 10.8. The van der Waals surface area contributed by atoms with Gasteiger partial charge in [-0.25, -0.2) is 4.79 Å². The van der Waals surface area contributed by atoms with Crippen LogP contribution in [0.4, 0.5) is 27.5 Å². The average molecular weight is 633 g/mol. The van der Waals surface area contributed by atoms with Gasteiger partial charge < -0.3 is 30.4 Å². The number of hydrogen-bond donors (Lipinski definition) is 3. The van der Waals surface area contributed by atoms with Crippen molar-refractivity contribution in [2.24, 2.45) is 11.8 Å². The molecule has 0 radical (unpaired) electrons. The van der Waals surface area contributed by atoms with E-state index >= 15 is 0 Å². The van der Waals surface area contributed by atoms with Crippen molar-refractivity contribution in [3.8, 4) is 0 Å². The van der Waals surface area contributed by atoms with E-state index in [4.69, 9.17) is 0 Å². The Morgan fingerprint density at radius 2 is 1.11 bits per heavy atom. The van der Waals surface area contributed by atoms with Crippen LogP contribution in [0.25, 0.3) is 0 Å². The Morgan fingerprint density at radius 3 is 1.61 bits per heavy atom. The second-order valence-electron chi connectivity index (χ2n) is 14.7. The zero-order valence-electron chi connectivity index (χ0n) is 29.0. The van der Waals surface area contributed by atoms with E-state index in [2.05, 4.69) is 66.6 Å². The predicted octanol–water partition coefficient (Wildman–Crippen LogP) is 7.81. The summed E-state index contributed by atoms with van der Waals surface area (Å²) >= 11 is 0. The van der Waals surface area contributed by atoms with Crippen LogP contribution < -0.4 is 20.4 Å². The maximum Gasteiger partial charge on any atom is 0.322 e. The fraction of sp³-hybridized carbons (Fsp3) is 0.658. The Kier molecular flexibility index (Phi) is 12.5. The lowest BCUT2D eigenvalue weighted by Crippen LogP contribution is -2.50. The van der Waals surface area contributed by atoms with E-state index in [1.165, 1.54) is 38.5 Å². The van der Waals surface area contributed by atoms with Gasteiger partial charge in [-0.05, 0) is 112 Å². The first-order valence-corrected chi connectivity index (χ1v) is 18.1. The molecule has 0 spiro atoms. The summed E-state index contributed by atoms with van der Waals surface area (Å²) in [5.74, 6) is 1.10. The van der Waals surface area contributed by atoms with Crippen molar-refractivity contribution in [3.05, 3.63) is 48.5 Å². The monoisotopic (exact) mass is 632 g/mol. The van der Waals surface area contributed by atoms with Gasteiger partial charge in [-0.1, -0.05) is 38.5 Å². The van der Waals surface area contributed by atoms with Gasteiger partial charge in [0.1, 0.15) is 0 Å². The van der Waals surface area contributed by atoms with Crippen molar-refractivity contribution < 1.29 is 9.90 Å². The third-order valence-corrected chi connectivity index (χ3v) is 10.8. The normalized spacial score (nSPS) is 21.9. The molecule has 3 aliphatic rings. The highest BCUT2D eigenvalue weighted by Crippen LogP contribution is 2.34. The zero-order chi connectivity index (χ0) is 32.5. The Bertz CT molecular complexity index is 1180. The quantitative estimate of drug-likeness (QED) is 0.207. The molecule has 2 amide bonds. The van der Waals surface area contributed by atoms with E-state index in [0.717, 1.165) is 87.2 Å². The SMILES string of the molecule is CN(C)c1ccc(NC(=O)N(CC2CCC(CN(C3CCCCC3)C(O)Nc3ccc(N(C)C)cc3)CC2)C2CCCCC2)cc1. The van der Waals surface area contributed by atoms with Crippen molar-refractivity contribution in [3.63, 3.8) is 0 Å². The maximum atomic E-state index is 13.7. The highest BCUT2D eigenvalue weighted by Gasteiger charge is 2.33. The molecule has 5 rings (SSSR count). The molecule has 2 aromatic rings. The van der Waals surface area contributed by atoms with Crippen LogP contribution in [0.2, 0.25) is 0 Å². The summed E-state index contributed by atoms with van der Waals surface area (Å²) in [5, 5.41) is 18.2. The van der Waals surface area contributed by atoms with Crippen molar-refractivity contribution in [2.45, 2.75) is 108 Å². The molecule has 254 valence electrons. The lowest BCUT2D eigenvalue weighted by atomic mass is 9.80. The molecule has 2 aromatic carbocycles. The molecule has 1 atom stereocenters. The van der Waals surface area contributed by atoms with E-state index in [1.54, 1.807) is 0 Å². The van der Waals surface area contributed by atoms with Crippen LogP contribution in [0.15, 0.2) is 48.5 Å². The van der Waals surface area contributed by atoms with Crippen molar-refractivity contribution in [1.29, 1.82) is 0 Å². The van der Waals surface area contributed by atoms with Crippen molar-refractivity contribution >= 4 is 28.8 Å². The van der Waals surface area contributed by atoms with Crippen LogP contribution in [-0.4, -0.2) is 80.7 Å². The van der Waals surface area contributed by atoms with E-state index in [0.29, 0.717) is 23.9 Å². The minimum Gasteiger partial charge on any atom is -0.378 e. The fourth-order valence-corrected chi connectivity index (χ4v) is 7.95. The number of carbonyl (C=O) groups is 1. The molecule has 0 bridgehead atoms. The van der Waals surface area contributed by atoms with Crippen LogP contribution in [-0.2, 0) is 0 Å². The minimum atomic E-state index is -0.691. The molecule has 0 aliphatic heterocycles. The first-order valence-electron chi connectivity index (χ1n) is 18.1. The number of hydrogen-bond acceptors (Lipinski definition) is 6. The van der Waals surface area contributed by atoms with Crippen LogP contribution in [0.1, 0.15) is 89.9 Å². The van der Waals surface area contributed by atoms with Gasteiger partial charge in [0.15, 0.2) is 6.35 Å². The highest BCUT2D eigenvalue weighted by molar-refractivity contribution is 5.89. The van der Waals surface area contributed by atoms with E-state index in [-0.39, 0.29) is 6.03 Å². The number of nitrogens with zero attached hydrogens (tertiary/aromatic N) is 4. The maximum absolute atomic E-state index is 13.7. The number of aliphatic hydroxyl groups is 1. The Labute approximate surface area is 278 Å². The number of benzene rings is 2. The average Bonchev–Trinajstić information content (AvgIpc) is 3.08. The molecule has 0 heterocycles. The van der Waals surface area contributed by atoms with Crippen LogP contribution >= 0.6 is 0 Å². The van der Waals surface area contributed by atoms with Gasteiger partial charge in [0.25, 0.3) is 0 Å². The lowest BCUT2D eigenvalue weighted by molar-refractivity contribution is -0.0303. The molecule has 3 fully saturated rings. The van der Waals surface area contributed by atoms with E-state index in [1.807, 2.05) is 40.3 Å². The van der Waals surface area contributed by atoms with E-state index in [9.17, 15) is 9.90 Å². The number of amides is 2. The van der Waals surface area contributed by atoms with Gasteiger partial charge in [-0.3, -0.25) is 4.90 Å². The zero-order valence-corrected chi connectivity index (χ0v) is 29.0. The molecule has 3 aliphatic carbocycles. The number of anilines is 4. The Morgan fingerprint density at radius 1 is 0.652 bits per heavy atom. The summed E-state index contributed by atoms with van der Waals surface area (Å²) in [6.07, 6.45) is 16.0. The lowest BCUT2D eigenvalue weighted by Gasteiger charge is -2.42. The molecule has 1 unspecified atom stereocenters. The van der Waals surface area contributed by atoms with Crippen molar-refractivity contribution in [1.82, 2.24) is 9.80 Å². The largest absolute Gasteiger partial charge is 0.378 e. The summed E-state index contributed by atoms with van der Waals surface area (Å²) < 4.78 is 0. The molecule has 3 N–H and O–H groups in total. The summed E-state index contributed by atoms with van der Waals surface area (Å²) in [6, 6.07) is 17.3. The van der Waals surface area contributed by atoms with Gasteiger partial charge in [0.05, 0.1) is 0 Å². The number of rotatable bonds is 12. The molecule has 0 saturated heterocycles. The standard InChI is InChI=1S/C38H60N6O2/c1-41(2)33-23-19-31(20-24-33)39-37(45)43(35-11-7-5-8-12-35)27-29-15-17-30(18-16-29)28-44(36-13-9-6-10-14-36)38(46)40-32-21-25-34(26-22-32)42(3)4/h19-26,29-30,35-37,39,45H,5-18,27-28H2,1-4H3,(H,40,46). The van der Waals surface area contributed by atoms with Gasteiger partial charge in [-0.2, -0.15) is 0 Å². The van der Waals surface area contributed by atoms with Gasteiger partial charge in [0.2, 0.25) is 0 Å². The third kappa shape index (κ3) is 9.54. The molecule has 46 heavy (non-hydrogen) atoms. The van der Waals surface area contributed by atoms with Crippen molar-refractivity contribution in [2.75, 3.05) is 61.7 Å². The summed E-state index contributed by atoms with van der Waals surface area (Å²) in [7, 11) is 8.16. The number of carbonyl (C=O) groups excluding carboxylic acids is 1. The first kappa shape index (κ1) is 34.4. The first-order chi connectivity index (χ1) is 22.3. The van der Waals surface area contributed by atoms with Gasteiger partial charge >= 0.3 is 6.03 Å². The minimum absolute atomic E-state index is 0.0583. The summed E-state index contributed by atoms with van der Waals surface area (Å²) in [6.45, 7) is 1.77. The molecule has 8 nitrogen and oxygen atoms in total. The van der Waals surface area contributed by atoms with Crippen LogP contribution in [0.5, 0.6) is 0 Å². The topological polar surface area (TPSA) is 74.3 Å². The predicted molar refractivity (Wildman–Crippen MR) is 193 cm³/mol. The number of nitrogens with one attached hydrogen (secondary N) is 2. The van der Waals surface area contributed by atoms with E-state index < -0.39 is 6.35 Å². The fourth-order valence-electron chi connectivity index (χ4n) is 7.95. The second kappa shape index (κ2) is 16.7. The van der Waals surface area contributed by atoms with Crippen LogP contribution in [0.3, 0.4) is 0 Å². The second-order valence-corrected chi connectivity index (χ2v) is 14.7. The number of aliphatic hydroxyl groups excluding tert-OH is 1. The van der Waals surface area contributed by atoms with Gasteiger partial charge in [-0.15, -0.1) is 0 Å². The van der Waals surface area contributed by atoms with Crippen LogP contribution in [0, 0.1) is 11.8 Å². The summed E-state index contributed by atoms with van der Waals surface area (Å²) in [4.78, 5) is 22.5. The number of urea groups is 1. The molecule has 3 saturated carbocycles.